The van der Waals surface area contributed by atoms with E-state index in [1.807, 2.05) is 0 Å². The Morgan fingerprint density at radius 1 is 0.946 bits per heavy atom. The zero-order valence-electron chi connectivity index (χ0n) is 18.5. The van der Waals surface area contributed by atoms with Crippen molar-refractivity contribution >= 4 is 64.1 Å². The Bertz CT molecular complexity index is 1380. The molecule has 0 fully saturated rings. The zero-order valence-corrected chi connectivity index (χ0v) is 20.8. The van der Waals surface area contributed by atoms with Crippen molar-refractivity contribution in [1.82, 2.24) is 0 Å². The molecule has 2 amide bonds. The molecule has 0 aliphatic heterocycles. The van der Waals surface area contributed by atoms with Crippen LogP contribution >= 0.6 is 34.8 Å². The Kier molecular flexibility index (Phi) is 9.05. The number of halogens is 6. The number of nitriles is 1. The Balaban J connectivity index is 1.70. The molecule has 0 heterocycles. The molecule has 0 saturated heterocycles. The highest BCUT2D eigenvalue weighted by Gasteiger charge is 2.30. The van der Waals surface area contributed by atoms with Crippen LogP contribution in [0.25, 0.3) is 6.08 Å². The van der Waals surface area contributed by atoms with Gasteiger partial charge in [0.2, 0.25) is 0 Å². The number of rotatable bonds is 7. The highest BCUT2D eigenvalue weighted by atomic mass is 35.5. The first-order valence-electron chi connectivity index (χ1n) is 10.2. The molecule has 0 bridgehead atoms. The van der Waals surface area contributed by atoms with Gasteiger partial charge in [0.05, 0.1) is 15.6 Å². The maximum Gasteiger partial charge on any atom is 0.416 e. The van der Waals surface area contributed by atoms with Gasteiger partial charge in [-0.2, -0.15) is 18.4 Å². The Morgan fingerprint density at radius 3 is 2.19 bits per heavy atom. The Hall–Kier alpha value is -3.71. The fourth-order valence-corrected chi connectivity index (χ4v) is 3.69. The topological polar surface area (TPSA) is 91.2 Å². The van der Waals surface area contributed by atoms with Crippen LogP contribution in [0.4, 0.5) is 24.5 Å². The number of nitrogens with zero attached hydrogens (tertiary/aromatic N) is 1. The summed E-state index contributed by atoms with van der Waals surface area (Å²) in [6.07, 6.45) is -3.44. The molecule has 0 unspecified atom stereocenters. The number of hydrogen-bond donors (Lipinski definition) is 2. The number of alkyl halides is 3. The van der Waals surface area contributed by atoms with Crippen molar-refractivity contribution in [3.63, 3.8) is 0 Å². The molecule has 37 heavy (non-hydrogen) atoms. The third kappa shape index (κ3) is 7.89. The van der Waals surface area contributed by atoms with Crippen molar-refractivity contribution in [1.29, 1.82) is 5.26 Å². The first-order chi connectivity index (χ1) is 17.5. The van der Waals surface area contributed by atoms with Gasteiger partial charge < -0.3 is 15.4 Å². The average molecular weight is 569 g/mol. The average Bonchev–Trinajstić information content (AvgIpc) is 2.83. The molecule has 2 N–H and O–H groups in total. The number of benzene rings is 3. The van der Waals surface area contributed by atoms with E-state index in [1.54, 1.807) is 30.3 Å². The fraction of sp³-hybridized carbons (Fsp3) is 0.0800. The van der Waals surface area contributed by atoms with E-state index in [9.17, 15) is 28.0 Å². The number of anilines is 2. The van der Waals surface area contributed by atoms with Crippen molar-refractivity contribution in [3.05, 3.63) is 92.4 Å². The molecule has 0 radical (unpaired) electrons. The van der Waals surface area contributed by atoms with E-state index in [4.69, 9.17) is 39.5 Å². The molecule has 12 heteroatoms. The highest BCUT2D eigenvalue weighted by molar-refractivity contribution is 6.37. The minimum absolute atomic E-state index is 0.00124. The number of nitrogens with one attached hydrogen (secondary N) is 2. The molecule has 0 aliphatic carbocycles. The maximum atomic E-state index is 12.9. The first kappa shape index (κ1) is 27.9. The van der Waals surface area contributed by atoms with Crippen LogP contribution in [0.3, 0.4) is 0 Å². The summed E-state index contributed by atoms with van der Waals surface area (Å²) in [5, 5.41) is 14.7. The molecule has 0 atom stereocenters. The molecular weight excluding hydrogens is 554 g/mol. The van der Waals surface area contributed by atoms with Gasteiger partial charge in [-0.05, 0) is 66.2 Å². The molecule has 6 nitrogen and oxygen atoms in total. The van der Waals surface area contributed by atoms with E-state index in [-0.39, 0.29) is 27.0 Å². The Morgan fingerprint density at radius 2 is 1.59 bits per heavy atom. The maximum absolute atomic E-state index is 12.9. The van der Waals surface area contributed by atoms with Crippen LogP contribution in [0.15, 0.2) is 66.2 Å². The summed E-state index contributed by atoms with van der Waals surface area (Å²) in [5.74, 6) is -1.43. The van der Waals surface area contributed by atoms with Gasteiger partial charge in [-0.1, -0.05) is 40.9 Å². The monoisotopic (exact) mass is 567 g/mol. The minimum atomic E-state index is -4.59. The van der Waals surface area contributed by atoms with E-state index in [0.29, 0.717) is 10.7 Å². The normalized spacial score (nSPS) is 11.4. The highest BCUT2D eigenvalue weighted by Crippen LogP contribution is 2.35. The summed E-state index contributed by atoms with van der Waals surface area (Å²) in [5.41, 5.74) is -0.770. The van der Waals surface area contributed by atoms with Crippen LogP contribution in [0, 0.1) is 11.3 Å². The van der Waals surface area contributed by atoms with Gasteiger partial charge in [0.25, 0.3) is 11.8 Å². The lowest BCUT2D eigenvalue weighted by atomic mass is 10.1. The van der Waals surface area contributed by atoms with Gasteiger partial charge in [0, 0.05) is 16.4 Å². The van der Waals surface area contributed by atoms with Gasteiger partial charge in [-0.25, -0.2) is 0 Å². The third-order valence-electron chi connectivity index (χ3n) is 4.62. The standard InChI is InChI=1S/C25H15Cl3F3N3O3/c26-17-4-6-18(7-5-17)33-22(35)13-37-23-20(27)9-14(10-21(23)28)8-15(12-32)24(36)34-19-3-1-2-16(11-19)25(29,30)31/h1-11H,13H2,(H,33,35)(H,34,36)/b15-8+. The molecule has 3 aromatic rings. The molecular formula is C25H15Cl3F3N3O3. The van der Waals surface area contributed by atoms with Gasteiger partial charge in [0.1, 0.15) is 11.6 Å². The molecule has 0 saturated carbocycles. The number of amides is 2. The summed E-state index contributed by atoms with van der Waals surface area (Å²) in [6.45, 7) is -0.417. The van der Waals surface area contributed by atoms with Crippen LogP contribution in [0.2, 0.25) is 15.1 Å². The number of ether oxygens (including phenoxy) is 1. The lowest BCUT2D eigenvalue weighted by Gasteiger charge is -2.12. The number of hydrogen-bond acceptors (Lipinski definition) is 4. The quantitative estimate of drug-likeness (QED) is 0.232. The van der Waals surface area contributed by atoms with Gasteiger partial charge >= 0.3 is 6.18 Å². The summed E-state index contributed by atoms with van der Waals surface area (Å²) in [4.78, 5) is 24.6. The lowest BCUT2D eigenvalue weighted by molar-refractivity contribution is -0.137. The van der Waals surface area contributed by atoms with Crippen molar-refractivity contribution in [3.8, 4) is 11.8 Å². The van der Waals surface area contributed by atoms with Crippen LogP contribution in [0.5, 0.6) is 5.75 Å². The first-order valence-corrected chi connectivity index (χ1v) is 11.4. The van der Waals surface area contributed by atoms with E-state index in [0.717, 1.165) is 24.3 Å². The van der Waals surface area contributed by atoms with Crippen LogP contribution in [0.1, 0.15) is 11.1 Å². The second-order valence-corrected chi connectivity index (χ2v) is 8.61. The molecule has 0 spiro atoms. The summed E-state index contributed by atoms with van der Waals surface area (Å²) in [6, 6.07) is 14.8. The van der Waals surface area contributed by atoms with Crippen molar-refractivity contribution in [2.24, 2.45) is 0 Å². The van der Waals surface area contributed by atoms with Gasteiger partial charge in [0.15, 0.2) is 12.4 Å². The largest absolute Gasteiger partial charge is 0.481 e. The lowest BCUT2D eigenvalue weighted by Crippen LogP contribution is -2.20. The molecule has 0 aliphatic rings. The number of carbonyl (C=O) groups excluding carboxylic acids is 2. The number of carbonyl (C=O) groups is 2. The summed E-state index contributed by atoms with van der Waals surface area (Å²) in [7, 11) is 0. The third-order valence-corrected chi connectivity index (χ3v) is 5.43. The second kappa shape index (κ2) is 12.0. The van der Waals surface area contributed by atoms with Crippen molar-refractivity contribution < 1.29 is 27.5 Å². The van der Waals surface area contributed by atoms with Gasteiger partial charge in [-0.15, -0.1) is 0 Å². The predicted octanol–water partition coefficient (Wildman–Crippen LogP) is 7.23. The molecule has 3 aromatic carbocycles. The SMILES string of the molecule is N#C/C(=C\c1cc(Cl)c(OCC(=O)Nc2ccc(Cl)cc2)c(Cl)c1)C(=O)Nc1cccc(C(F)(F)F)c1. The van der Waals surface area contributed by atoms with Crippen LogP contribution in [-0.2, 0) is 15.8 Å². The second-order valence-electron chi connectivity index (χ2n) is 7.36. The van der Waals surface area contributed by atoms with Gasteiger partial charge in [-0.3, -0.25) is 9.59 Å². The Labute approximate surface area is 224 Å². The van der Waals surface area contributed by atoms with Crippen molar-refractivity contribution in [2.75, 3.05) is 17.2 Å². The fourth-order valence-electron chi connectivity index (χ4n) is 2.96. The smallest absolute Gasteiger partial charge is 0.416 e. The van der Waals surface area contributed by atoms with Crippen LogP contribution in [-0.4, -0.2) is 18.4 Å². The molecule has 3 rings (SSSR count). The van der Waals surface area contributed by atoms with Crippen molar-refractivity contribution in [2.45, 2.75) is 6.18 Å². The molecule has 190 valence electrons. The van der Waals surface area contributed by atoms with Crippen LogP contribution < -0.4 is 15.4 Å². The van der Waals surface area contributed by atoms with E-state index in [1.165, 1.54) is 18.2 Å². The summed E-state index contributed by atoms with van der Waals surface area (Å²) < 4.78 is 44.1. The molecule has 0 aromatic heterocycles. The minimum Gasteiger partial charge on any atom is -0.481 e. The van der Waals surface area contributed by atoms with E-state index >= 15 is 0 Å². The van der Waals surface area contributed by atoms with E-state index < -0.39 is 35.7 Å². The summed E-state index contributed by atoms with van der Waals surface area (Å²) >= 11 is 18.2. The van der Waals surface area contributed by atoms with E-state index in [2.05, 4.69) is 10.6 Å². The predicted molar refractivity (Wildman–Crippen MR) is 136 cm³/mol. The zero-order chi connectivity index (χ0) is 27.2.